The van der Waals surface area contributed by atoms with Gasteiger partial charge in [-0.2, -0.15) is 0 Å². The fourth-order valence-corrected chi connectivity index (χ4v) is 2.60. The minimum atomic E-state index is 0.501. The van der Waals surface area contributed by atoms with E-state index in [0.717, 1.165) is 18.2 Å². The molecule has 1 saturated heterocycles. The molecule has 1 aromatic rings. The van der Waals surface area contributed by atoms with E-state index in [4.69, 9.17) is 10.2 Å². The second-order valence-corrected chi connectivity index (χ2v) is 5.02. The summed E-state index contributed by atoms with van der Waals surface area (Å²) in [6.45, 7) is 7.34. The maximum atomic E-state index is 5.64. The van der Waals surface area contributed by atoms with Crippen molar-refractivity contribution in [1.29, 1.82) is 0 Å². The van der Waals surface area contributed by atoms with Crippen LogP contribution in [0.5, 0.6) is 0 Å². The summed E-state index contributed by atoms with van der Waals surface area (Å²) in [6, 6.07) is 2.72. The highest BCUT2D eigenvalue weighted by Crippen LogP contribution is 2.24. The van der Waals surface area contributed by atoms with Crippen LogP contribution in [-0.4, -0.2) is 17.5 Å². The van der Waals surface area contributed by atoms with Crippen LogP contribution in [0.15, 0.2) is 16.7 Å². The second-order valence-electron chi connectivity index (χ2n) is 5.02. The Morgan fingerprint density at radius 3 is 3.00 bits per heavy atom. The van der Waals surface area contributed by atoms with Gasteiger partial charge in [0.2, 0.25) is 0 Å². The zero-order valence-electron chi connectivity index (χ0n) is 10.3. The predicted octanol–water partition coefficient (Wildman–Crippen LogP) is 2.36. The maximum Gasteiger partial charge on any atom is 0.121 e. The van der Waals surface area contributed by atoms with Gasteiger partial charge in [-0.3, -0.25) is 4.90 Å². The Morgan fingerprint density at radius 1 is 1.50 bits per heavy atom. The first-order valence-corrected chi connectivity index (χ1v) is 6.20. The lowest BCUT2D eigenvalue weighted by atomic mass is 9.93. The predicted molar refractivity (Wildman–Crippen MR) is 64.9 cm³/mol. The first-order chi connectivity index (χ1) is 7.70. The number of hydrogen-bond donors (Lipinski definition) is 1. The highest BCUT2D eigenvalue weighted by atomic mass is 16.3. The smallest absolute Gasteiger partial charge is 0.121 e. The van der Waals surface area contributed by atoms with Crippen molar-refractivity contribution in [2.24, 2.45) is 11.7 Å². The monoisotopic (exact) mass is 222 g/mol. The molecule has 0 aliphatic carbocycles. The molecule has 1 fully saturated rings. The lowest BCUT2D eigenvalue weighted by Crippen LogP contribution is -2.39. The summed E-state index contributed by atoms with van der Waals surface area (Å²) < 4.78 is 5.36. The quantitative estimate of drug-likeness (QED) is 0.853. The Morgan fingerprint density at radius 2 is 2.31 bits per heavy atom. The van der Waals surface area contributed by atoms with E-state index >= 15 is 0 Å². The molecule has 3 nitrogen and oxygen atoms in total. The molecule has 16 heavy (non-hydrogen) atoms. The zero-order chi connectivity index (χ0) is 11.5. The molecule has 3 heteroatoms. The fourth-order valence-electron chi connectivity index (χ4n) is 2.60. The van der Waals surface area contributed by atoms with Crippen molar-refractivity contribution in [2.45, 2.75) is 45.8 Å². The van der Waals surface area contributed by atoms with E-state index in [9.17, 15) is 0 Å². The second kappa shape index (κ2) is 5.02. The number of furan rings is 1. The highest BCUT2D eigenvalue weighted by molar-refractivity contribution is 5.16. The Hall–Kier alpha value is -0.800. The summed E-state index contributed by atoms with van der Waals surface area (Å²) in [5.41, 5.74) is 6.90. The SMILES string of the molecule is CC1CCN(Cc2ccoc2CN)C(C)C1. The van der Waals surface area contributed by atoms with E-state index in [0.29, 0.717) is 12.6 Å². The molecule has 2 heterocycles. The summed E-state index contributed by atoms with van der Waals surface area (Å²) in [5.74, 6) is 1.80. The third-order valence-corrected chi connectivity index (χ3v) is 3.67. The van der Waals surface area contributed by atoms with Crippen LogP contribution in [0.3, 0.4) is 0 Å². The van der Waals surface area contributed by atoms with Crippen LogP contribution < -0.4 is 5.73 Å². The molecule has 2 rings (SSSR count). The Bertz CT molecular complexity index is 334. The van der Waals surface area contributed by atoms with Crippen LogP contribution in [0.2, 0.25) is 0 Å². The Kier molecular flexibility index (Phi) is 3.66. The molecule has 0 aromatic carbocycles. The number of piperidine rings is 1. The number of nitrogens with zero attached hydrogens (tertiary/aromatic N) is 1. The van der Waals surface area contributed by atoms with Crippen molar-refractivity contribution in [3.8, 4) is 0 Å². The van der Waals surface area contributed by atoms with E-state index < -0.39 is 0 Å². The van der Waals surface area contributed by atoms with Crippen molar-refractivity contribution in [2.75, 3.05) is 6.54 Å². The van der Waals surface area contributed by atoms with Gasteiger partial charge < -0.3 is 10.2 Å². The lowest BCUT2D eigenvalue weighted by molar-refractivity contribution is 0.121. The molecule has 0 bridgehead atoms. The van der Waals surface area contributed by atoms with E-state index in [1.165, 1.54) is 24.9 Å². The zero-order valence-corrected chi connectivity index (χ0v) is 10.3. The maximum absolute atomic E-state index is 5.64. The van der Waals surface area contributed by atoms with Gasteiger partial charge in [0, 0.05) is 18.2 Å². The molecule has 2 atom stereocenters. The fraction of sp³-hybridized carbons (Fsp3) is 0.692. The van der Waals surface area contributed by atoms with Crippen molar-refractivity contribution < 1.29 is 4.42 Å². The summed E-state index contributed by atoms with van der Waals surface area (Å²) in [4.78, 5) is 2.53. The van der Waals surface area contributed by atoms with Crippen LogP contribution in [0.1, 0.15) is 38.0 Å². The summed E-state index contributed by atoms with van der Waals surface area (Å²) in [5, 5.41) is 0. The number of hydrogen-bond acceptors (Lipinski definition) is 3. The van der Waals surface area contributed by atoms with E-state index in [-0.39, 0.29) is 0 Å². The number of likely N-dealkylation sites (tertiary alicyclic amines) is 1. The standard InChI is InChI=1S/C13H22N2O/c1-10-3-5-15(11(2)7-10)9-12-4-6-16-13(12)8-14/h4,6,10-11H,3,5,7-9,14H2,1-2H3. The number of rotatable bonds is 3. The largest absolute Gasteiger partial charge is 0.468 e. The van der Waals surface area contributed by atoms with Gasteiger partial charge in [-0.05, 0) is 38.3 Å². The Balaban J connectivity index is 1.99. The highest BCUT2D eigenvalue weighted by Gasteiger charge is 2.23. The van der Waals surface area contributed by atoms with Crippen LogP contribution in [0.25, 0.3) is 0 Å². The molecule has 1 aliphatic rings. The average molecular weight is 222 g/mol. The molecule has 1 aromatic heterocycles. The normalized spacial score (nSPS) is 27.2. The van der Waals surface area contributed by atoms with Crippen LogP contribution in [-0.2, 0) is 13.1 Å². The molecule has 2 N–H and O–H groups in total. The van der Waals surface area contributed by atoms with Gasteiger partial charge in [-0.15, -0.1) is 0 Å². The first-order valence-electron chi connectivity index (χ1n) is 6.20. The molecule has 1 aliphatic heterocycles. The van der Waals surface area contributed by atoms with Gasteiger partial charge in [0.1, 0.15) is 5.76 Å². The summed E-state index contributed by atoms with van der Waals surface area (Å²) >= 11 is 0. The van der Waals surface area contributed by atoms with Crippen molar-refractivity contribution in [3.05, 3.63) is 23.7 Å². The van der Waals surface area contributed by atoms with Gasteiger partial charge in [-0.1, -0.05) is 6.92 Å². The summed E-state index contributed by atoms with van der Waals surface area (Å²) in [6.07, 6.45) is 4.35. The van der Waals surface area contributed by atoms with Gasteiger partial charge in [0.15, 0.2) is 0 Å². The molecular formula is C13H22N2O. The minimum Gasteiger partial charge on any atom is -0.468 e. The minimum absolute atomic E-state index is 0.501. The van der Waals surface area contributed by atoms with Crippen molar-refractivity contribution in [3.63, 3.8) is 0 Å². The van der Waals surface area contributed by atoms with E-state index in [1.54, 1.807) is 6.26 Å². The van der Waals surface area contributed by atoms with Crippen LogP contribution in [0, 0.1) is 5.92 Å². The van der Waals surface area contributed by atoms with Crippen molar-refractivity contribution in [1.82, 2.24) is 4.90 Å². The van der Waals surface area contributed by atoms with Gasteiger partial charge in [-0.25, -0.2) is 0 Å². The van der Waals surface area contributed by atoms with Crippen LogP contribution in [0.4, 0.5) is 0 Å². The topological polar surface area (TPSA) is 42.4 Å². The average Bonchev–Trinajstić information content (AvgIpc) is 2.69. The summed E-state index contributed by atoms with van der Waals surface area (Å²) in [7, 11) is 0. The molecule has 2 unspecified atom stereocenters. The van der Waals surface area contributed by atoms with Gasteiger partial charge in [0.25, 0.3) is 0 Å². The first kappa shape index (κ1) is 11.7. The van der Waals surface area contributed by atoms with Crippen molar-refractivity contribution >= 4 is 0 Å². The van der Waals surface area contributed by atoms with E-state index in [1.807, 2.05) is 6.07 Å². The third kappa shape index (κ3) is 2.47. The van der Waals surface area contributed by atoms with Crippen LogP contribution >= 0.6 is 0 Å². The van der Waals surface area contributed by atoms with Gasteiger partial charge >= 0.3 is 0 Å². The van der Waals surface area contributed by atoms with E-state index in [2.05, 4.69) is 18.7 Å². The molecule has 90 valence electrons. The lowest BCUT2D eigenvalue weighted by Gasteiger charge is -2.36. The third-order valence-electron chi connectivity index (χ3n) is 3.67. The van der Waals surface area contributed by atoms with Gasteiger partial charge in [0.05, 0.1) is 12.8 Å². The molecule has 0 saturated carbocycles. The number of nitrogens with two attached hydrogens (primary N) is 1. The Labute approximate surface area is 97.6 Å². The molecule has 0 amide bonds. The molecular weight excluding hydrogens is 200 g/mol. The molecule has 0 radical (unpaired) electrons. The molecule has 0 spiro atoms.